The number of amides is 4. The van der Waals surface area contributed by atoms with Gasteiger partial charge < -0.3 is 10.1 Å². The molecule has 4 amide bonds. The van der Waals surface area contributed by atoms with E-state index in [0.717, 1.165) is 16.3 Å². The van der Waals surface area contributed by atoms with Crippen molar-refractivity contribution in [2.45, 2.75) is 38.8 Å². The zero-order valence-electron chi connectivity index (χ0n) is 18.0. The van der Waals surface area contributed by atoms with Gasteiger partial charge >= 0.3 is 12.1 Å². The molecule has 0 spiro atoms. The number of carbonyl (C=O) groups is 3. The standard InChI is InChI=1S/C22H27N5O4/c1-22(2,3)31-21(30)27-10-8-23-12-18(27)15-6-4-5-14-16(15)11-24-13-17(14)26-9-7-19(28)25-20(26)29/h4-6,11,13,18,23H,7-10,12H2,1-3H3,(H,25,28,29). The van der Waals surface area contributed by atoms with E-state index in [1.807, 2.05) is 39.0 Å². The van der Waals surface area contributed by atoms with Crippen LogP contribution in [-0.4, -0.2) is 59.7 Å². The minimum atomic E-state index is -0.584. The molecule has 2 aliphatic heterocycles. The number of nitrogens with one attached hydrogen (secondary N) is 2. The van der Waals surface area contributed by atoms with Crippen molar-refractivity contribution in [1.29, 1.82) is 0 Å². The molecule has 31 heavy (non-hydrogen) atoms. The number of pyridine rings is 1. The Hall–Kier alpha value is -3.20. The van der Waals surface area contributed by atoms with Crippen LogP contribution in [0.25, 0.3) is 10.8 Å². The molecule has 2 fully saturated rings. The van der Waals surface area contributed by atoms with Crippen LogP contribution in [0.5, 0.6) is 0 Å². The molecule has 9 nitrogen and oxygen atoms in total. The van der Waals surface area contributed by atoms with Gasteiger partial charge in [-0.05, 0) is 26.3 Å². The molecular weight excluding hydrogens is 398 g/mol. The summed E-state index contributed by atoms with van der Waals surface area (Å²) in [6.45, 7) is 7.65. The summed E-state index contributed by atoms with van der Waals surface area (Å²) in [4.78, 5) is 44.5. The highest BCUT2D eigenvalue weighted by Gasteiger charge is 2.33. The monoisotopic (exact) mass is 425 g/mol. The third kappa shape index (κ3) is 4.32. The van der Waals surface area contributed by atoms with Gasteiger partial charge in [-0.1, -0.05) is 18.2 Å². The van der Waals surface area contributed by atoms with Crippen molar-refractivity contribution in [3.63, 3.8) is 0 Å². The molecular formula is C22H27N5O4. The lowest BCUT2D eigenvalue weighted by Crippen LogP contribution is -2.50. The van der Waals surface area contributed by atoms with Gasteiger partial charge in [0.05, 0.1) is 17.9 Å². The Kier molecular flexibility index (Phi) is 5.53. The molecule has 1 aromatic carbocycles. The van der Waals surface area contributed by atoms with Crippen LogP contribution in [0, 0.1) is 0 Å². The highest BCUT2D eigenvalue weighted by molar-refractivity contribution is 6.10. The summed E-state index contributed by atoms with van der Waals surface area (Å²) in [5.74, 6) is -0.281. The van der Waals surface area contributed by atoms with E-state index in [-0.39, 0.29) is 24.5 Å². The van der Waals surface area contributed by atoms with Crippen LogP contribution in [0.2, 0.25) is 0 Å². The number of nitrogens with zero attached hydrogens (tertiary/aromatic N) is 3. The predicted octanol–water partition coefficient (Wildman–Crippen LogP) is 2.56. The van der Waals surface area contributed by atoms with Gasteiger partial charge in [-0.25, -0.2) is 9.59 Å². The zero-order chi connectivity index (χ0) is 22.2. The zero-order valence-corrected chi connectivity index (χ0v) is 18.0. The number of aromatic nitrogens is 1. The Labute approximate surface area is 180 Å². The Bertz CT molecular complexity index is 1030. The van der Waals surface area contributed by atoms with E-state index in [4.69, 9.17) is 4.74 Å². The van der Waals surface area contributed by atoms with Gasteiger partial charge in [0.25, 0.3) is 0 Å². The maximum Gasteiger partial charge on any atom is 0.410 e. The average molecular weight is 425 g/mol. The van der Waals surface area contributed by atoms with Gasteiger partial charge in [0, 0.05) is 49.6 Å². The topological polar surface area (TPSA) is 104 Å². The van der Waals surface area contributed by atoms with Crippen LogP contribution in [0.3, 0.4) is 0 Å². The highest BCUT2D eigenvalue weighted by Crippen LogP contribution is 2.34. The van der Waals surface area contributed by atoms with E-state index < -0.39 is 11.6 Å². The molecule has 1 aromatic heterocycles. The van der Waals surface area contributed by atoms with Crippen molar-refractivity contribution in [2.75, 3.05) is 31.1 Å². The van der Waals surface area contributed by atoms with Crippen molar-refractivity contribution in [3.05, 3.63) is 36.2 Å². The van der Waals surface area contributed by atoms with Crippen LogP contribution >= 0.6 is 0 Å². The first kappa shape index (κ1) is 21.0. The number of benzene rings is 1. The van der Waals surface area contributed by atoms with Gasteiger partial charge in [-0.15, -0.1) is 0 Å². The van der Waals surface area contributed by atoms with Gasteiger partial charge in [0.2, 0.25) is 5.91 Å². The second-order valence-electron chi connectivity index (χ2n) is 8.75. The molecule has 1 atom stereocenters. The summed E-state index contributed by atoms with van der Waals surface area (Å²) in [6.07, 6.45) is 3.27. The van der Waals surface area contributed by atoms with Crippen LogP contribution in [-0.2, 0) is 9.53 Å². The quantitative estimate of drug-likeness (QED) is 0.766. The third-order valence-corrected chi connectivity index (χ3v) is 5.39. The van der Waals surface area contributed by atoms with E-state index in [9.17, 15) is 14.4 Å². The Morgan fingerprint density at radius 1 is 1.16 bits per heavy atom. The van der Waals surface area contributed by atoms with Crippen molar-refractivity contribution in [1.82, 2.24) is 20.5 Å². The molecule has 2 saturated heterocycles. The second kappa shape index (κ2) is 8.14. The van der Waals surface area contributed by atoms with Crippen LogP contribution < -0.4 is 15.5 Å². The van der Waals surface area contributed by atoms with E-state index in [2.05, 4.69) is 15.6 Å². The number of ether oxygens (including phenoxy) is 1. The lowest BCUT2D eigenvalue weighted by atomic mass is 9.97. The van der Waals surface area contributed by atoms with Crippen LogP contribution in [0.15, 0.2) is 30.6 Å². The van der Waals surface area contributed by atoms with E-state index >= 15 is 0 Å². The molecule has 0 aliphatic carbocycles. The SMILES string of the molecule is CC(C)(C)OC(=O)N1CCNCC1c1cccc2c(N3CCC(=O)NC3=O)cncc12. The second-order valence-corrected chi connectivity index (χ2v) is 8.75. The first-order valence-corrected chi connectivity index (χ1v) is 10.4. The molecule has 0 bridgehead atoms. The summed E-state index contributed by atoms with van der Waals surface area (Å²) in [5, 5.41) is 7.40. The van der Waals surface area contributed by atoms with E-state index in [1.165, 1.54) is 4.90 Å². The summed E-state index contributed by atoms with van der Waals surface area (Å²) in [5.41, 5.74) is 0.981. The minimum Gasteiger partial charge on any atom is -0.444 e. The van der Waals surface area contributed by atoms with E-state index in [0.29, 0.717) is 31.9 Å². The molecule has 164 valence electrons. The molecule has 9 heteroatoms. The van der Waals surface area contributed by atoms with E-state index in [1.54, 1.807) is 17.3 Å². The average Bonchev–Trinajstić information content (AvgIpc) is 2.72. The maximum absolute atomic E-state index is 12.9. The molecule has 2 aliphatic rings. The fourth-order valence-electron chi connectivity index (χ4n) is 4.02. The number of rotatable bonds is 2. The molecule has 2 aromatic rings. The highest BCUT2D eigenvalue weighted by atomic mass is 16.6. The van der Waals surface area contributed by atoms with Crippen molar-refractivity contribution in [3.8, 4) is 0 Å². The fourth-order valence-corrected chi connectivity index (χ4v) is 4.02. The largest absolute Gasteiger partial charge is 0.444 e. The first-order chi connectivity index (χ1) is 14.7. The number of hydrogen-bond donors (Lipinski definition) is 2. The summed E-state index contributed by atoms with van der Waals surface area (Å²) in [6, 6.07) is 5.12. The molecule has 2 N–H and O–H groups in total. The molecule has 3 heterocycles. The smallest absolute Gasteiger partial charge is 0.410 e. The number of hydrogen-bond acceptors (Lipinski definition) is 6. The van der Waals surface area contributed by atoms with Gasteiger partial charge in [-0.3, -0.25) is 24.9 Å². The Morgan fingerprint density at radius 3 is 2.71 bits per heavy atom. The van der Waals surface area contributed by atoms with Crippen LogP contribution in [0.1, 0.15) is 38.8 Å². The fraction of sp³-hybridized carbons (Fsp3) is 0.455. The summed E-state index contributed by atoms with van der Waals surface area (Å²) in [7, 11) is 0. The van der Waals surface area contributed by atoms with Gasteiger partial charge in [0.15, 0.2) is 0 Å². The number of urea groups is 1. The predicted molar refractivity (Wildman–Crippen MR) is 116 cm³/mol. The maximum atomic E-state index is 12.9. The number of fused-ring (bicyclic) bond motifs is 1. The van der Waals surface area contributed by atoms with Crippen molar-refractivity contribution < 1.29 is 19.1 Å². The lowest BCUT2D eigenvalue weighted by molar-refractivity contribution is -0.120. The van der Waals surface area contributed by atoms with Crippen molar-refractivity contribution in [2.24, 2.45) is 0 Å². The number of anilines is 1. The Morgan fingerprint density at radius 2 is 1.97 bits per heavy atom. The summed E-state index contributed by atoms with van der Waals surface area (Å²) >= 11 is 0. The molecule has 0 saturated carbocycles. The number of piperazine rings is 1. The normalized spacial score (nSPS) is 20.0. The van der Waals surface area contributed by atoms with Gasteiger partial charge in [-0.2, -0.15) is 0 Å². The molecule has 1 unspecified atom stereocenters. The number of carbonyl (C=O) groups excluding carboxylic acids is 3. The molecule has 0 radical (unpaired) electrons. The lowest BCUT2D eigenvalue weighted by Gasteiger charge is -2.38. The number of imide groups is 1. The van der Waals surface area contributed by atoms with Crippen molar-refractivity contribution >= 4 is 34.5 Å². The van der Waals surface area contributed by atoms with Gasteiger partial charge in [0.1, 0.15) is 5.60 Å². The Balaban J connectivity index is 1.73. The van der Waals surface area contributed by atoms with Crippen LogP contribution in [0.4, 0.5) is 15.3 Å². The minimum absolute atomic E-state index is 0.235. The summed E-state index contributed by atoms with van der Waals surface area (Å²) < 4.78 is 5.63. The third-order valence-electron chi connectivity index (χ3n) is 5.39. The molecule has 4 rings (SSSR count). The first-order valence-electron chi connectivity index (χ1n) is 10.4.